The minimum Gasteiger partial charge on any atom is -0.497 e. The van der Waals surface area contributed by atoms with Gasteiger partial charge in [0.15, 0.2) is 24.8 Å². The predicted octanol–water partition coefficient (Wildman–Crippen LogP) is 7.26. The van der Waals surface area contributed by atoms with Crippen molar-refractivity contribution in [3.8, 4) is 5.75 Å². The number of hydrogen-bond acceptors (Lipinski definition) is 16. The number of unbranched alkanes of at least 4 members (excludes halogenated alkanes) is 10. The van der Waals surface area contributed by atoms with Crippen molar-refractivity contribution in [2.75, 3.05) is 26.9 Å². The van der Waals surface area contributed by atoms with Crippen molar-refractivity contribution < 1.29 is 77.8 Å². The van der Waals surface area contributed by atoms with Gasteiger partial charge in [-0.3, -0.25) is 9.59 Å². The molecule has 16 nitrogen and oxygen atoms in total. The Balaban J connectivity index is 1.09. The van der Waals surface area contributed by atoms with E-state index in [2.05, 4.69) is 26.8 Å². The summed E-state index contributed by atoms with van der Waals surface area (Å²) in [6.45, 7) is 8.96. The summed E-state index contributed by atoms with van der Waals surface area (Å²) >= 11 is 0. The van der Waals surface area contributed by atoms with Gasteiger partial charge in [0.1, 0.15) is 35.8 Å². The Morgan fingerprint density at radius 2 is 1.42 bits per heavy atom. The fraction of sp³-hybridized carbons (Fsp3) is 0.804. The number of carbonyl (C=O) groups excluding carboxylic acids is 3. The maximum Gasteiger partial charge on any atom is 0.338 e. The van der Waals surface area contributed by atoms with Gasteiger partial charge in [0.25, 0.3) is 0 Å². The summed E-state index contributed by atoms with van der Waals surface area (Å²) in [6, 6.07) is 6.07. The molecule has 1 aromatic carbocycles. The number of rotatable bonds is 23. The molecule has 72 heavy (non-hydrogen) atoms. The van der Waals surface area contributed by atoms with Crippen molar-refractivity contribution >= 4 is 17.9 Å². The van der Waals surface area contributed by atoms with Crippen LogP contribution in [0.25, 0.3) is 0 Å². The maximum atomic E-state index is 13.6. The Morgan fingerprint density at radius 1 is 0.778 bits per heavy atom. The van der Waals surface area contributed by atoms with E-state index in [-0.39, 0.29) is 48.1 Å². The molecule has 0 unspecified atom stereocenters. The largest absolute Gasteiger partial charge is 0.497 e. The molecule has 16 heteroatoms. The summed E-state index contributed by atoms with van der Waals surface area (Å²) in [4.78, 5) is 39.6. The van der Waals surface area contributed by atoms with Crippen LogP contribution >= 0.6 is 0 Å². The molecule has 0 spiro atoms. The van der Waals surface area contributed by atoms with Crippen molar-refractivity contribution in [1.29, 1.82) is 0 Å². The molecule has 7 rings (SSSR count). The van der Waals surface area contributed by atoms with Crippen LogP contribution in [0.1, 0.15) is 167 Å². The summed E-state index contributed by atoms with van der Waals surface area (Å²) in [5.41, 5.74) is -0.956. The molecule has 0 radical (unpaired) electrons. The number of methoxy groups -OCH3 is 1. The molecular weight excluding hydrogens is 929 g/mol. The zero-order chi connectivity index (χ0) is 51.8. The average molecular weight is 1020 g/mol. The van der Waals surface area contributed by atoms with Gasteiger partial charge >= 0.3 is 17.9 Å². The topological polar surface area (TPSA) is 226 Å². The number of allylic oxidation sites excluding steroid dienone is 1. The lowest BCUT2D eigenvalue weighted by Crippen LogP contribution is -2.64. The van der Waals surface area contributed by atoms with E-state index in [1.807, 2.05) is 6.92 Å². The van der Waals surface area contributed by atoms with E-state index in [4.69, 9.17) is 37.9 Å². The lowest BCUT2D eigenvalue weighted by molar-refractivity contribution is -0.345. The van der Waals surface area contributed by atoms with E-state index in [0.29, 0.717) is 37.4 Å². The molecule has 5 fully saturated rings. The van der Waals surface area contributed by atoms with Crippen LogP contribution < -0.4 is 4.74 Å². The quantitative estimate of drug-likeness (QED) is 0.0315. The van der Waals surface area contributed by atoms with Crippen LogP contribution in [0.5, 0.6) is 5.75 Å². The van der Waals surface area contributed by atoms with Gasteiger partial charge in [-0.1, -0.05) is 104 Å². The second-order valence-corrected chi connectivity index (χ2v) is 22.5. The van der Waals surface area contributed by atoms with Gasteiger partial charge in [0.2, 0.25) is 0 Å². The monoisotopic (exact) mass is 1010 g/mol. The fourth-order valence-electron chi connectivity index (χ4n) is 13.7. The minimum atomic E-state index is -1.66. The van der Waals surface area contributed by atoms with Gasteiger partial charge in [-0.05, 0) is 98.8 Å². The molecule has 2 saturated heterocycles. The molecule has 2 aliphatic heterocycles. The zero-order valence-electron chi connectivity index (χ0n) is 43.8. The molecule has 3 saturated carbocycles. The Labute approximate surface area is 426 Å². The first-order chi connectivity index (χ1) is 34.4. The number of benzene rings is 1. The molecule has 0 bridgehead atoms. The molecule has 5 N–H and O–H groups in total. The first-order valence-corrected chi connectivity index (χ1v) is 27.3. The van der Waals surface area contributed by atoms with Crippen molar-refractivity contribution in [3.63, 3.8) is 0 Å². The highest BCUT2D eigenvalue weighted by atomic mass is 16.8. The van der Waals surface area contributed by atoms with Crippen molar-refractivity contribution in [1.82, 2.24) is 0 Å². The highest BCUT2D eigenvalue weighted by molar-refractivity contribution is 5.89. The van der Waals surface area contributed by atoms with E-state index in [1.165, 1.54) is 76.7 Å². The van der Waals surface area contributed by atoms with Gasteiger partial charge in [0.05, 0.1) is 44.7 Å². The summed E-state index contributed by atoms with van der Waals surface area (Å²) in [5, 5.41) is 57.6. The van der Waals surface area contributed by atoms with Crippen molar-refractivity contribution in [3.05, 3.63) is 41.5 Å². The standard InChI is InChI=1S/C56H86O16/c1-7-8-9-10-11-12-13-14-15-16-17-18-46(61)66-31-34(2)56(64)45(30-42-40-24-21-37-29-38(58)25-27-54(37,4)41(40)26-28-55(42,56)5)70-53-50(69-35(3)57)48(44(60)33-68-53)72-52-49(47(62)43(59)32-67-52)71-51(63)36-19-22-39(65-6)23-20-36/h19-23,34,38,40-45,47-50,52-53,58-60,62,64H,7-18,24-33H2,1-6H3/t34-,38+,40-,41+,42+,43-,44+,45+,47+,48+,49-,50-,52+,53+,54+,55+,56-/m1/s1. The number of carbonyl (C=O) groups is 3. The fourth-order valence-corrected chi connectivity index (χ4v) is 13.7. The second-order valence-electron chi connectivity index (χ2n) is 22.5. The third kappa shape index (κ3) is 12.4. The summed E-state index contributed by atoms with van der Waals surface area (Å²) in [7, 11) is 1.49. The smallest absolute Gasteiger partial charge is 0.338 e. The van der Waals surface area contributed by atoms with Crippen LogP contribution in [0, 0.1) is 34.5 Å². The Bertz CT molecular complexity index is 1960. The van der Waals surface area contributed by atoms with E-state index in [9.17, 15) is 39.9 Å². The SMILES string of the molecule is CCCCCCCCCCCCCC(=O)OC[C@@H](C)[C@@]1(O)[C@@H](O[C@@H]2OC[C@H](O)[C@H](O[C@@H]3OC[C@@H](O)[C@H](O)[C@H]3OC(=O)c3ccc(OC)cc3)[C@H]2OC(C)=O)C[C@H]2[C@@H]3CC=C4C[C@@H](O)CC[C@]4(C)[C@H]3CC[C@@]21C. The molecule has 2 heterocycles. The molecule has 1 aromatic rings. The third-order valence-corrected chi connectivity index (χ3v) is 17.9. The Hall–Kier alpha value is -3.19. The van der Waals surface area contributed by atoms with Crippen LogP contribution in [0.15, 0.2) is 35.9 Å². The second kappa shape index (κ2) is 25.1. The Kier molecular flexibility index (Phi) is 19.7. The van der Waals surface area contributed by atoms with Gasteiger partial charge in [0, 0.05) is 24.7 Å². The third-order valence-electron chi connectivity index (χ3n) is 17.9. The molecule has 406 valence electrons. The normalized spacial score (nSPS) is 37.8. The average Bonchev–Trinajstić information content (AvgIpc) is 3.59. The molecule has 17 atom stereocenters. The first-order valence-electron chi connectivity index (χ1n) is 27.3. The van der Waals surface area contributed by atoms with Gasteiger partial charge in [-0.2, -0.15) is 0 Å². The van der Waals surface area contributed by atoms with Gasteiger partial charge in [-0.15, -0.1) is 0 Å². The van der Waals surface area contributed by atoms with E-state index in [0.717, 1.165) is 51.4 Å². The molecule has 4 aliphatic carbocycles. The number of aliphatic hydroxyl groups excluding tert-OH is 4. The number of hydrogen-bond donors (Lipinski definition) is 5. The Morgan fingerprint density at radius 3 is 2.07 bits per heavy atom. The zero-order valence-corrected chi connectivity index (χ0v) is 43.8. The number of aliphatic hydroxyl groups is 5. The van der Waals surface area contributed by atoms with Crippen molar-refractivity contribution in [2.45, 2.75) is 224 Å². The highest BCUT2D eigenvalue weighted by Gasteiger charge is 2.70. The number of ether oxygens (including phenoxy) is 8. The van der Waals surface area contributed by atoms with E-state index >= 15 is 0 Å². The summed E-state index contributed by atoms with van der Waals surface area (Å²) < 4.78 is 48.0. The lowest BCUT2D eigenvalue weighted by atomic mass is 9.46. The van der Waals surface area contributed by atoms with Crippen LogP contribution in [-0.4, -0.2) is 137 Å². The molecule has 0 amide bonds. The van der Waals surface area contributed by atoms with Crippen LogP contribution in [0.3, 0.4) is 0 Å². The number of fused-ring (bicyclic) bond motifs is 5. The van der Waals surface area contributed by atoms with E-state index < -0.39 is 90.8 Å². The van der Waals surface area contributed by atoms with Gasteiger partial charge < -0.3 is 63.4 Å². The minimum absolute atomic E-state index is 0.0414. The van der Waals surface area contributed by atoms with Crippen LogP contribution in [-0.2, 0) is 42.7 Å². The lowest BCUT2D eigenvalue weighted by Gasteiger charge is -2.59. The molecule has 0 aromatic heterocycles. The first kappa shape index (κ1) is 56.5. The summed E-state index contributed by atoms with van der Waals surface area (Å²) in [5.74, 6) is -1.57. The van der Waals surface area contributed by atoms with Gasteiger partial charge in [-0.25, -0.2) is 4.79 Å². The number of esters is 3. The maximum absolute atomic E-state index is 13.6. The highest BCUT2D eigenvalue weighted by Crippen LogP contribution is 2.69. The van der Waals surface area contributed by atoms with Crippen LogP contribution in [0.2, 0.25) is 0 Å². The van der Waals surface area contributed by atoms with E-state index in [1.54, 1.807) is 12.1 Å². The molecule has 6 aliphatic rings. The molecular formula is C56H86O16. The summed E-state index contributed by atoms with van der Waals surface area (Å²) in [6.07, 6.45) is 7.17. The van der Waals surface area contributed by atoms with Crippen LogP contribution in [0.4, 0.5) is 0 Å². The van der Waals surface area contributed by atoms with Crippen molar-refractivity contribution in [2.24, 2.45) is 34.5 Å². The predicted molar refractivity (Wildman–Crippen MR) is 264 cm³/mol.